The number of fused-ring (bicyclic) bond motifs is 3. The zero-order valence-electron chi connectivity index (χ0n) is 14.6. The fourth-order valence-electron chi connectivity index (χ4n) is 3.92. The lowest BCUT2D eigenvalue weighted by molar-refractivity contribution is 0.217. The van der Waals surface area contributed by atoms with Crippen LogP contribution >= 0.6 is 11.3 Å². The van der Waals surface area contributed by atoms with Gasteiger partial charge in [-0.05, 0) is 73.4 Å². The molecule has 0 fully saturated rings. The molecule has 1 aliphatic heterocycles. The van der Waals surface area contributed by atoms with Gasteiger partial charge in [0, 0.05) is 16.5 Å². The van der Waals surface area contributed by atoms with E-state index in [4.69, 9.17) is 4.74 Å². The van der Waals surface area contributed by atoms with E-state index in [0.29, 0.717) is 17.9 Å². The van der Waals surface area contributed by atoms with Gasteiger partial charge in [-0.15, -0.1) is 11.3 Å². The minimum absolute atomic E-state index is 0.260. The molecule has 2 aromatic rings. The van der Waals surface area contributed by atoms with E-state index >= 15 is 0 Å². The highest BCUT2D eigenvalue weighted by atomic mass is 32.1. The van der Waals surface area contributed by atoms with E-state index in [2.05, 4.69) is 67.9 Å². The van der Waals surface area contributed by atoms with Gasteiger partial charge < -0.3 is 10.1 Å². The summed E-state index contributed by atoms with van der Waals surface area (Å²) >= 11 is 1.88. The number of allylic oxidation sites excluding steroid dienone is 2. The third kappa shape index (κ3) is 2.65. The molecule has 0 radical (unpaired) electrons. The molecule has 1 aliphatic carbocycles. The van der Waals surface area contributed by atoms with Crippen molar-refractivity contribution in [2.24, 2.45) is 5.92 Å². The van der Waals surface area contributed by atoms with Crippen molar-refractivity contribution >= 4 is 17.0 Å². The smallest absolute Gasteiger partial charge is 0.120 e. The first-order valence-corrected chi connectivity index (χ1v) is 9.83. The monoisotopic (exact) mass is 339 g/mol. The molecule has 4 atom stereocenters. The number of anilines is 1. The number of hydrogen-bond donors (Lipinski definition) is 1. The molecule has 0 saturated heterocycles. The van der Waals surface area contributed by atoms with Gasteiger partial charge in [-0.2, -0.15) is 0 Å². The van der Waals surface area contributed by atoms with Gasteiger partial charge >= 0.3 is 0 Å². The number of ether oxygens (including phenoxy) is 1. The summed E-state index contributed by atoms with van der Waals surface area (Å²) in [5.74, 6) is 2.09. The maximum atomic E-state index is 6.05. The second kappa shape index (κ2) is 6.29. The Labute approximate surface area is 148 Å². The topological polar surface area (TPSA) is 21.3 Å². The van der Waals surface area contributed by atoms with Crippen molar-refractivity contribution in [2.45, 2.75) is 51.7 Å². The zero-order chi connectivity index (χ0) is 16.7. The largest absolute Gasteiger partial charge is 0.491 e. The highest BCUT2D eigenvalue weighted by Crippen LogP contribution is 2.51. The van der Waals surface area contributed by atoms with Crippen LogP contribution in [0.4, 0.5) is 5.69 Å². The minimum atomic E-state index is 0.260. The van der Waals surface area contributed by atoms with E-state index in [1.807, 2.05) is 11.3 Å². The number of nitrogens with one attached hydrogen (secondary N) is 1. The Hall–Kier alpha value is -1.74. The van der Waals surface area contributed by atoms with Crippen molar-refractivity contribution in [3.05, 3.63) is 57.8 Å². The van der Waals surface area contributed by atoms with Crippen LogP contribution < -0.4 is 10.1 Å². The summed E-state index contributed by atoms with van der Waals surface area (Å²) in [5, 5.41) is 6.03. The second-order valence-corrected chi connectivity index (χ2v) is 7.98. The van der Waals surface area contributed by atoms with Crippen LogP contribution in [0.1, 0.15) is 54.7 Å². The molecule has 3 heteroatoms. The van der Waals surface area contributed by atoms with Crippen LogP contribution in [0.3, 0.4) is 0 Å². The molecular weight excluding hydrogens is 314 g/mol. The first-order valence-electron chi connectivity index (χ1n) is 8.95. The van der Waals surface area contributed by atoms with Gasteiger partial charge in [0.15, 0.2) is 0 Å². The molecule has 4 rings (SSSR count). The summed E-state index contributed by atoms with van der Waals surface area (Å²) in [7, 11) is 0. The van der Waals surface area contributed by atoms with Crippen LogP contribution in [0.2, 0.25) is 0 Å². The molecule has 0 spiro atoms. The third-order valence-electron chi connectivity index (χ3n) is 5.43. The Morgan fingerprint density at radius 1 is 1.33 bits per heavy atom. The van der Waals surface area contributed by atoms with E-state index in [1.165, 1.54) is 21.7 Å². The maximum Gasteiger partial charge on any atom is 0.120 e. The molecule has 2 heterocycles. The van der Waals surface area contributed by atoms with Crippen LogP contribution in [0, 0.1) is 12.8 Å². The van der Waals surface area contributed by atoms with E-state index in [9.17, 15) is 0 Å². The second-order valence-electron chi connectivity index (χ2n) is 7.03. The third-order valence-corrected chi connectivity index (χ3v) is 6.53. The molecule has 0 saturated carbocycles. The van der Waals surface area contributed by atoms with Gasteiger partial charge in [-0.1, -0.05) is 19.1 Å². The Balaban J connectivity index is 1.69. The Kier molecular flexibility index (Phi) is 4.13. The fraction of sp³-hybridized carbons (Fsp3) is 0.429. The molecule has 24 heavy (non-hydrogen) atoms. The van der Waals surface area contributed by atoms with Crippen molar-refractivity contribution in [2.75, 3.05) is 5.32 Å². The van der Waals surface area contributed by atoms with Crippen LogP contribution in [-0.2, 0) is 0 Å². The zero-order valence-corrected chi connectivity index (χ0v) is 15.4. The highest BCUT2D eigenvalue weighted by Gasteiger charge is 2.39. The summed E-state index contributed by atoms with van der Waals surface area (Å²) in [4.78, 5) is 1.49. The molecule has 2 nitrogen and oxygen atoms in total. The first-order chi connectivity index (χ1) is 11.7. The van der Waals surface area contributed by atoms with Gasteiger partial charge in [0.05, 0.1) is 12.1 Å². The number of hydrogen-bond acceptors (Lipinski definition) is 3. The average Bonchev–Trinajstić information content (AvgIpc) is 3.23. The van der Waals surface area contributed by atoms with Crippen molar-refractivity contribution in [3.8, 4) is 5.75 Å². The first kappa shape index (κ1) is 15.8. The molecule has 126 valence electrons. The van der Waals surface area contributed by atoms with Crippen molar-refractivity contribution in [1.29, 1.82) is 0 Å². The summed E-state index contributed by atoms with van der Waals surface area (Å²) in [5.41, 5.74) is 4.06. The van der Waals surface area contributed by atoms with E-state index in [1.54, 1.807) is 0 Å². The summed E-state index contributed by atoms with van der Waals surface area (Å²) in [6, 6.07) is 9.20. The van der Waals surface area contributed by atoms with Crippen molar-refractivity contribution < 1.29 is 4.74 Å². The number of rotatable bonds is 4. The molecule has 2 aliphatic rings. The van der Waals surface area contributed by atoms with E-state index < -0.39 is 0 Å². The van der Waals surface area contributed by atoms with Crippen LogP contribution in [0.15, 0.2) is 41.8 Å². The molecule has 0 bridgehead atoms. The predicted molar refractivity (Wildman–Crippen MR) is 102 cm³/mol. The molecule has 1 aromatic carbocycles. The molecule has 1 N–H and O–H groups in total. The molecule has 1 aromatic heterocycles. The minimum Gasteiger partial charge on any atom is -0.491 e. The molecule has 0 amide bonds. The summed E-state index contributed by atoms with van der Waals surface area (Å²) < 4.78 is 6.05. The number of thiophene rings is 1. The summed E-state index contributed by atoms with van der Waals surface area (Å²) in [6.07, 6.45) is 7.18. The quantitative estimate of drug-likeness (QED) is 0.684. The van der Waals surface area contributed by atoms with Crippen LogP contribution in [0.25, 0.3) is 0 Å². The number of benzene rings is 1. The van der Waals surface area contributed by atoms with E-state index in [-0.39, 0.29) is 6.10 Å². The Morgan fingerprint density at radius 3 is 2.96 bits per heavy atom. The van der Waals surface area contributed by atoms with Gasteiger partial charge in [-0.25, -0.2) is 0 Å². The molecular formula is C21H25NOS. The van der Waals surface area contributed by atoms with E-state index in [0.717, 1.165) is 18.6 Å². The van der Waals surface area contributed by atoms with Gasteiger partial charge in [-0.3, -0.25) is 0 Å². The lowest BCUT2D eigenvalue weighted by atomic mass is 9.78. The fourth-order valence-corrected chi connectivity index (χ4v) is 4.98. The highest BCUT2D eigenvalue weighted by molar-refractivity contribution is 7.10. The van der Waals surface area contributed by atoms with Crippen LogP contribution in [-0.4, -0.2) is 6.10 Å². The normalized spacial score (nSPS) is 25.7. The van der Waals surface area contributed by atoms with Crippen molar-refractivity contribution in [3.63, 3.8) is 0 Å². The lowest BCUT2D eigenvalue weighted by Crippen LogP contribution is -2.29. The maximum absolute atomic E-state index is 6.05. The Bertz CT molecular complexity index is 763. The van der Waals surface area contributed by atoms with Crippen LogP contribution in [0.5, 0.6) is 5.75 Å². The lowest BCUT2D eigenvalue weighted by Gasteiger charge is -2.37. The average molecular weight is 340 g/mol. The predicted octanol–water partition coefficient (Wildman–Crippen LogP) is 6.06. The van der Waals surface area contributed by atoms with Crippen molar-refractivity contribution in [1.82, 2.24) is 0 Å². The standard InChI is InChI=1S/C21H25NOS/c1-4-14(3)23-15-8-9-19-18(12-15)16-6-5-7-17(16)20(22-19)21-13(2)10-11-24-21/h5-6,8-12,14,16-17,20,22H,4,7H2,1-3H3. The van der Waals surface area contributed by atoms with Gasteiger partial charge in [0.25, 0.3) is 0 Å². The molecule has 4 unspecified atom stereocenters. The Morgan fingerprint density at radius 2 is 2.21 bits per heavy atom. The van der Waals surface area contributed by atoms with Gasteiger partial charge in [0.2, 0.25) is 0 Å². The SMILES string of the molecule is CCC(C)Oc1ccc2c(c1)C1C=CCC1C(c1sccc1C)N2. The van der Waals surface area contributed by atoms with Gasteiger partial charge in [0.1, 0.15) is 5.75 Å². The summed E-state index contributed by atoms with van der Waals surface area (Å²) in [6.45, 7) is 6.52. The number of aryl methyl sites for hydroxylation is 1.